The van der Waals surface area contributed by atoms with E-state index in [1.807, 2.05) is 24.3 Å². The monoisotopic (exact) mass is 417 g/mol. The fraction of sp³-hybridized carbons (Fsp3) is 0.400. The third-order valence-corrected chi connectivity index (χ3v) is 4.57. The molecular formula is C20H27N5O5. The minimum absolute atomic E-state index is 0.297. The Morgan fingerprint density at radius 2 is 1.73 bits per heavy atom. The first kappa shape index (κ1) is 22.9. The second-order valence-electron chi connectivity index (χ2n) is 7.29. The number of aromatic nitrogens is 1. The summed E-state index contributed by atoms with van der Waals surface area (Å²) in [5.74, 6) is -3.17. The molecule has 2 aromatic rings. The van der Waals surface area contributed by atoms with Gasteiger partial charge in [0.25, 0.3) is 0 Å². The molecule has 0 aliphatic carbocycles. The van der Waals surface area contributed by atoms with E-state index in [1.165, 1.54) is 0 Å². The standard InChI is InChI=1S/C20H27N5O5/c1-11(2)18(20(29)30)25-17(27)10-23-16(26)9-24-19(28)14(21)7-12-8-22-15-6-4-3-5-13(12)15/h3-6,8,11,14,18,22H,7,9-10,21H2,1-2H3,(H,23,26)(H,24,28)(H,25,27)(H,29,30). The molecule has 1 heterocycles. The minimum Gasteiger partial charge on any atom is -0.480 e. The molecule has 3 amide bonds. The number of amides is 3. The molecule has 0 spiro atoms. The van der Waals surface area contributed by atoms with Gasteiger partial charge in [-0.3, -0.25) is 14.4 Å². The molecule has 0 aliphatic rings. The van der Waals surface area contributed by atoms with Crippen LogP contribution in [0.15, 0.2) is 30.5 Å². The van der Waals surface area contributed by atoms with Gasteiger partial charge in [0.15, 0.2) is 0 Å². The Morgan fingerprint density at radius 1 is 1.07 bits per heavy atom. The SMILES string of the molecule is CC(C)C(NC(=O)CNC(=O)CNC(=O)C(N)Cc1c[nH]c2ccccc12)C(=O)O. The van der Waals surface area contributed by atoms with Crippen LogP contribution in [0.4, 0.5) is 0 Å². The highest BCUT2D eigenvalue weighted by atomic mass is 16.4. The molecule has 10 heteroatoms. The number of carboxylic acids is 1. The summed E-state index contributed by atoms with van der Waals surface area (Å²) in [7, 11) is 0. The molecule has 2 rings (SSSR count). The van der Waals surface area contributed by atoms with Gasteiger partial charge in [-0.15, -0.1) is 0 Å². The van der Waals surface area contributed by atoms with E-state index >= 15 is 0 Å². The number of para-hydroxylation sites is 1. The first-order valence-corrected chi connectivity index (χ1v) is 9.56. The summed E-state index contributed by atoms with van der Waals surface area (Å²) >= 11 is 0. The van der Waals surface area contributed by atoms with Crippen molar-refractivity contribution >= 4 is 34.6 Å². The Kier molecular flexibility index (Phi) is 7.93. The number of benzene rings is 1. The average Bonchev–Trinajstić information content (AvgIpc) is 3.11. The van der Waals surface area contributed by atoms with E-state index in [4.69, 9.17) is 10.8 Å². The van der Waals surface area contributed by atoms with Gasteiger partial charge in [-0.2, -0.15) is 0 Å². The third kappa shape index (κ3) is 6.31. The number of rotatable bonds is 10. The van der Waals surface area contributed by atoms with Crippen LogP contribution in [0.25, 0.3) is 10.9 Å². The van der Waals surface area contributed by atoms with Gasteiger partial charge in [-0.05, 0) is 24.0 Å². The Labute approximate surface area is 173 Å². The molecule has 162 valence electrons. The molecule has 2 unspecified atom stereocenters. The van der Waals surface area contributed by atoms with Gasteiger partial charge >= 0.3 is 5.97 Å². The smallest absolute Gasteiger partial charge is 0.326 e. The maximum absolute atomic E-state index is 12.2. The summed E-state index contributed by atoms with van der Waals surface area (Å²) in [6.45, 7) is 2.58. The summed E-state index contributed by atoms with van der Waals surface area (Å²) in [5, 5.41) is 17.1. The zero-order valence-corrected chi connectivity index (χ0v) is 16.9. The normalized spacial score (nSPS) is 12.9. The van der Waals surface area contributed by atoms with Crippen LogP contribution >= 0.6 is 0 Å². The van der Waals surface area contributed by atoms with Crippen molar-refractivity contribution in [1.29, 1.82) is 0 Å². The molecule has 1 aromatic heterocycles. The van der Waals surface area contributed by atoms with E-state index in [1.54, 1.807) is 20.0 Å². The van der Waals surface area contributed by atoms with Crippen LogP contribution in [0.1, 0.15) is 19.4 Å². The highest BCUT2D eigenvalue weighted by molar-refractivity contribution is 5.91. The summed E-state index contributed by atoms with van der Waals surface area (Å²) in [5.41, 5.74) is 7.78. The second-order valence-corrected chi connectivity index (χ2v) is 7.29. The molecule has 1 aromatic carbocycles. The van der Waals surface area contributed by atoms with Crippen molar-refractivity contribution in [2.75, 3.05) is 13.1 Å². The number of nitrogens with one attached hydrogen (secondary N) is 4. The predicted octanol–water partition coefficient (Wildman–Crippen LogP) is -0.504. The number of carboxylic acid groups (broad SMARTS) is 1. The first-order chi connectivity index (χ1) is 14.2. The fourth-order valence-electron chi connectivity index (χ4n) is 2.91. The van der Waals surface area contributed by atoms with E-state index in [-0.39, 0.29) is 12.5 Å². The lowest BCUT2D eigenvalue weighted by atomic mass is 10.1. The Bertz CT molecular complexity index is 923. The maximum atomic E-state index is 12.2. The number of H-pyrrole nitrogens is 1. The Balaban J connectivity index is 1.75. The molecular weight excluding hydrogens is 390 g/mol. The van der Waals surface area contributed by atoms with Crippen LogP contribution in [0.5, 0.6) is 0 Å². The number of aliphatic carboxylic acids is 1. The summed E-state index contributed by atoms with van der Waals surface area (Å²) < 4.78 is 0. The van der Waals surface area contributed by atoms with Gasteiger partial charge in [-0.25, -0.2) is 4.79 Å². The summed E-state index contributed by atoms with van der Waals surface area (Å²) in [6, 6.07) is 5.76. The van der Waals surface area contributed by atoms with Gasteiger partial charge in [-0.1, -0.05) is 32.0 Å². The van der Waals surface area contributed by atoms with Crippen molar-refractivity contribution in [3.63, 3.8) is 0 Å². The van der Waals surface area contributed by atoms with Gasteiger partial charge < -0.3 is 31.8 Å². The molecule has 0 bridgehead atoms. The minimum atomic E-state index is -1.15. The van der Waals surface area contributed by atoms with Gasteiger partial charge in [0, 0.05) is 17.1 Å². The van der Waals surface area contributed by atoms with Crippen LogP contribution in [0, 0.1) is 5.92 Å². The lowest BCUT2D eigenvalue weighted by Crippen LogP contribution is -2.50. The quantitative estimate of drug-likeness (QED) is 0.305. The van der Waals surface area contributed by atoms with E-state index in [0.717, 1.165) is 16.5 Å². The summed E-state index contributed by atoms with van der Waals surface area (Å²) in [4.78, 5) is 50.0. The zero-order valence-electron chi connectivity index (χ0n) is 16.9. The van der Waals surface area contributed by atoms with E-state index in [0.29, 0.717) is 6.42 Å². The van der Waals surface area contributed by atoms with Crippen molar-refractivity contribution in [2.45, 2.75) is 32.4 Å². The lowest BCUT2D eigenvalue weighted by molar-refractivity contribution is -0.143. The average molecular weight is 417 g/mol. The van der Waals surface area contributed by atoms with Crippen LogP contribution in [-0.2, 0) is 25.6 Å². The van der Waals surface area contributed by atoms with Crippen LogP contribution in [0.2, 0.25) is 0 Å². The molecule has 0 saturated heterocycles. The molecule has 0 saturated carbocycles. The number of fused-ring (bicyclic) bond motifs is 1. The number of hydrogen-bond acceptors (Lipinski definition) is 5. The Hall–Kier alpha value is -3.40. The number of aromatic amines is 1. The van der Waals surface area contributed by atoms with Crippen molar-refractivity contribution in [2.24, 2.45) is 11.7 Å². The van der Waals surface area contributed by atoms with Crippen molar-refractivity contribution < 1.29 is 24.3 Å². The second kappa shape index (κ2) is 10.4. The molecule has 0 radical (unpaired) electrons. The number of hydrogen-bond donors (Lipinski definition) is 6. The fourth-order valence-corrected chi connectivity index (χ4v) is 2.91. The molecule has 10 nitrogen and oxygen atoms in total. The molecule has 0 aliphatic heterocycles. The van der Waals surface area contributed by atoms with E-state index in [2.05, 4.69) is 20.9 Å². The number of nitrogens with two attached hydrogens (primary N) is 1. The van der Waals surface area contributed by atoms with Crippen molar-refractivity contribution in [3.05, 3.63) is 36.0 Å². The van der Waals surface area contributed by atoms with Gasteiger partial charge in [0.1, 0.15) is 6.04 Å². The van der Waals surface area contributed by atoms with Gasteiger partial charge in [0.2, 0.25) is 17.7 Å². The predicted molar refractivity (Wildman–Crippen MR) is 110 cm³/mol. The third-order valence-electron chi connectivity index (χ3n) is 4.57. The molecule has 30 heavy (non-hydrogen) atoms. The van der Waals surface area contributed by atoms with Gasteiger partial charge in [0.05, 0.1) is 19.1 Å². The zero-order chi connectivity index (χ0) is 22.3. The first-order valence-electron chi connectivity index (χ1n) is 9.56. The Morgan fingerprint density at radius 3 is 2.40 bits per heavy atom. The maximum Gasteiger partial charge on any atom is 0.326 e. The van der Waals surface area contributed by atoms with Crippen LogP contribution in [-0.4, -0.2) is 59.0 Å². The number of carbonyl (C=O) groups excluding carboxylic acids is 3. The van der Waals surface area contributed by atoms with Crippen LogP contribution in [0.3, 0.4) is 0 Å². The number of carbonyl (C=O) groups is 4. The molecule has 0 fully saturated rings. The topological polar surface area (TPSA) is 166 Å². The van der Waals surface area contributed by atoms with E-state index < -0.39 is 42.3 Å². The summed E-state index contributed by atoms with van der Waals surface area (Å²) in [6.07, 6.45) is 2.09. The molecule has 2 atom stereocenters. The van der Waals surface area contributed by atoms with E-state index in [9.17, 15) is 19.2 Å². The van der Waals surface area contributed by atoms with Crippen molar-refractivity contribution in [1.82, 2.24) is 20.9 Å². The van der Waals surface area contributed by atoms with Crippen molar-refractivity contribution in [3.8, 4) is 0 Å². The largest absolute Gasteiger partial charge is 0.480 e. The molecule has 7 N–H and O–H groups in total. The highest BCUT2D eigenvalue weighted by Gasteiger charge is 2.23. The van der Waals surface area contributed by atoms with Crippen LogP contribution < -0.4 is 21.7 Å². The lowest BCUT2D eigenvalue weighted by Gasteiger charge is -2.18. The highest BCUT2D eigenvalue weighted by Crippen LogP contribution is 2.18.